The maximum Gasteiger partial charge on any atom is 0.424 e. The largest absolute Gasteiger partial charge is 0.424 e. The number of halogens is 3. The molecule has 1 fully saturated rings. The van der Waals surface area contributed by atoms with E-state index in [9.17, 15) is 23.1 Å². The van der Waals surface area contributed by atoms with E-state index < -0.39 is 24.0 Å². The van der Waals surface area contributed by atoms with Crippen LogP contribution in [0.5, 0.6) is 0 Å². The minimum absolute atomic E-state index is 0.258. The van der Waals surface area contributed by atoms with Crippen LogP contribution in [0.25, 0.3) is 0 Å². The number of nitrogens with one attached hydrogen (secondary N) is 1. The molecule has 1 aromatic rings. The first-order chi connectivity index (χ1) is 10.7. The lowest BCUT2D eigenvalue weighted by Crippen LogP contribution is -2.47. The Bertz CT molecular complexity index is 560. The molecule has 130 valence electrons. The van der Waals surface area contributed by atoms with Gasteiger partial charge in [0.05, 0.1) is 5.92 Å². The lowest BCUT2D eigenvalue weighted by molar-refractivity contribution is -0.272. The van der Waals surface area contributed by atoms with E-state index in [4.69, 9.17) is 5.73 Å². The molecule has 0 spiro atoms. The molecular weight excluding hydrogens is 313 g/mol. The van der Waals surface area contributed by atoms with Crippen molar-refractivity contribution < 1.29 is 23.1 Å². The highest BCUT2D eigenvalue weighted by Gasteiger charge is 2.57. The Labute approximate surface area is 131 Å². The first-order valence-electron chi connectivity index (χ1n) is 7.47. The van der Waals surface area contributed by atoms with Gasteiger partial charge in [-0.1, -0.05) is 6.42 Å². The molecule has 4 N–H and O–H groups in total. The summed E-state index contributed by atoms with van der Waals surface area (Å²) in [6, 6.07) is -0.258. The van der Waals surface area contributed by atoms with E-state index in [1.165, 1.54) is 19.4 Å². The summed E-state index contributed by atoms with van der Waals surface area (Å²) < 4.78 is 41.0. The summed E-state index contributed by atoms with van der Waals surface area (Å²) in [4.78, 5) is 15.6. The molecule has 0 unspecified atom stereocenters. The lowest BCUT2D eigenvalue weighted by atomic mass is 9.97. The van der Waals surface area contributed by atoms with Crippen LogP contribution in [0.3, 0.4) is 0 Å². The number of hydrogen-bond donors (Lipinski definition) is 3. The Kier molecular flexibility index (Phi) is 5.00. The van der Waals surface area contributed by atoms with Gasteiger partial charge in [-0.15, -0.1) is 0 Å². The van der Waals surface area contributed by atoms with Crippen molar-refractivity contribution >= 4 is 5.91 Å². The molecule has 6 nitrogen and oxygen atoms in total. The topological polar surface area (TPSA) is 93.2 Å². The number of aliphatic hydroxyl groups is 1. The minimum atomic E-state index is -4.90. The number of amides is 1. The molecule has 3 atom stereocenters. The third kappa shape index (κ3) is 3.50. The van der Waals surface area contributed by atoms with Gasteiger partial charge in [-0.25, -0.2) is 4.98 Å². The van der Waals surface area contributed by atoms with Crippen LogP contribution in [0.2, 0.25) is 0 Å². The van der Waals surface area contributed by atoms with Gasteiger partial charge in [-0.3, -0.25) is 4.79 Å². The maximum atomic E-state index is 13.3. The van der Waals surface area contributed by atoms with Crippen LogP contribution in [0, 0.1) is 5.92 Å². The summed E-state index contributed by atoms with van der Waals surface area (Å²) >= 11 is 0. The molecular formula is C14H21F3N4O2. The number of hydrogen-bond acceptors (Lipinski definition) is 4. The van der Waals surface area contributed by atoms with Gasteiger partial charge in [0.25, 0.3) is 0 Å². The van der Waals surface area contributed by atoms with E-state index in [2.05, 4.69) is 10.3 Å². The summed E-state index contributed by atoms with van der Waals surface area (Å²) in [6.07, 6.45) is -0.910. The van der Waals surface area contributed by atoms with Crippen LogP contribution in [0.4, 0.5) is 13.2 Å². The van der Waals surface area contributed by atoms with Gasteiger partial charge in [0, 0.05) is 38.4 Å². The molecule has 23 heavy (non-hydrogen) atoms. The van der Waals surface area contributed by atoms with Crippen LogP contribution in [-0.4, -0.2) is 39.3 Å². The summed E-state index contributed by atoms with van der Waals surface area (Å²) in [5.41, 5.74) is 2.69. The standard InChI is InChI=1S/C14H21F3N4O2/c1-21-8-7-20-12(21)13(23,14(15,16)17)5-6-19-11(22)9-3-2-4-10(9)18/h7-10,23H,2-6,18H2,1H3,(H,19,22)/t9-,10-,13+/m0/s1. The molecule has 1 aliphatic carbocycles. The van der Waals surface area contributed by atoms with Crippen molar-refractivity contribution in [3.63, 3.8) is 0 Å². The molecule has 0 aromatic carbocycles. The molecule has 2 rings (SSSR count). The molecule has 0 bridgehead atoms. The van der Waals surface area contributed by atoms with E-state index in [0.29, 0.717) is 6.42 Å². The predicted octanol–water partition coefficient (Wildman–Crippen LogP) is 0.804. The fraction of sp³-hybridized carbons (Fsp3) is 0.714. The van der Waals surface area contributed by atoms with Crippen molar-refractivity contribution in [2.24, 2.45) is 18.7 Å². The zero-order valence-electron chi connectivity index (χ0n) is 12.8. The maximum absolute atomic E-state index is 13.3. The van der Waals surface area contributed by atoms with Gasteiger partial charge in [0.1, 0.15) is 5.82 Å². The Hall–Kier alpha value is -1.61. The quantitative estimate of drug-likeness (QED) is 0.743. The molecule has 1 amide bonds. The summed E-state index contributed by atoms with van der Waals surface area (Å²) in [6.45, 7) is -0.315. The van der Waals surface area contributed by atoms with Crippen molar-refractivity contribution in [1.29, 1.82) is 0 Å². The lowest BCUT2D eigenvalue weighted by Gasteiger charge is -2.30. The number of rotatable bonds is 5. The molecule has 0 saturated heterocycles. The number of imidazole rings is 1. The number of aromatic nitrogens is 2. The Balaban J connectivity index is 2.03. The SMILES string of the molecule is Cn1ccnc1[C@](O)(CCNC(=O)[C@H]1CCC[C@@H]1N)C(F)(F)F. The zero-order chi connectivity index (χ0) is 17.3. The van der Waals surface area contributed by atoms with Crippen molar-refractivity contribution in [2.45, 2.75) is 43.5 Å². The van der Waals surface area contributed by atoms with E-state index in [1.54, 1.807) is 0 Å². The Morgan fingerprint density at radius 2 is 2.22 bits per heavy atom. The zero-order valence-corrected chi connectivity index (χ0v) is 12.8. The van der Waals surface area contributed by atoms with Gasteiger partial charge < -0.3 is 20.7 Å². The summed E-state index contributed by atoms with van der Waals surface area (Å²) in [5.74, 6) is -1.24. The average molecular weight is 334 g/mol. The first-order valence-corrected chi connectivity index (χ1v) is 7.47. The monoisotopic (exact) mass is 334 g/mol. The number of alkyl halides is 3. The second-order valence-electron chi connectivity index (χ2n) is 5.96. The molecule has 1 aromatic heterocycles. The van der Waals surface area contributed by atoms with Crippen molar-refractivity contribution in [3.8, 4) is 0 Å². The third-order valence-electron chi connectivity index (χ3n) is 4.35. The number of nitrogens with zero attached hydrogens (tertiary/aromatic N) is 2. The van der Waals surface area contributed by atoms with Crippen LogP contribution < -0.4 is 11.1 Å². The van der Waals surface area contributed by atoms with E-state index >= 15 is 0 Å². The summed E-state index contributed by atoms with van der Waals surface area (Å²) in [7, 11) is 1.37. The Morgan fingerprint density at radius 1 is 1.52 bits per heavy atom. The van der Waals surface area contributed by atoms with Crippen LogP contribution in [-0.2, 0) is 17.4 Å². The molecule has 1 aliphatic rings. The number of carbonyl (C=O) groups excluding carboxylic acids is 1. The summed E-state index contributed by atoms with van der Waals surface area (Å²) in [5, 5.41) is 12.6. The highest BCUT2D eigenvalue weighted by molar-refractivity contribution is 5.79. The smallest absolute Gasteiger partial charge is 0.374 e. The molecule has 9 heteroatoms. The molecule has 1 saturated carbocycles. The average Bonchev–Trinajstić information content (AvgIpc) is 3.05. The first kappa shape index (κ1) is 17.7. The highest BCUT2D eigenvalue weighted by Crippen LogP contribution is 2.40. The molecule has 0 radical (unpaired) electrons. The number of nitrogens with two attached hydrogens (primary N) is 1. The second-order valence-corrected chi connectivity index (χ2v) is 5.96. The van der Waals surface area contributed by atoms with Crippen LogP contribution in [0.1, 0.15) is 31.5 Å². The van der Waals surface area contributed by atoms with Gasteiger partial charge in [-0.2, -0.15) is 13.2 Å². The van der Waals surface area contributed by atoms with Crippen LogP contribution in [0.15, 0.2) is 12.4 Å². The van der Waals surface area contributed by atoms with E-state index in [1.807, 2.05) is 0 Å². The van der Waals surface area contributed by atoms with E-state index in [0.717, 1.165) is 17.4 Å². The van der Waals surface area contributed by atoms with Gasteiger partial charge in [0.2, 0.25) is 11.5 Å². The highest BCUT2D eigenvalue weighted by atomic mass is 19.4. The molecule has 1 heterocycles. The normalized spacial score (nSPS) is 24.4. The van der Waals surface area contributed by atoms with Crippen molar-refractivity contribution in [1.82, 2.24) is 14.9 Å². The second kappa shape index (κ2) is 6.48. The number of carbonyl (C=O) groups is 1. The van der Waals surface area contributed by atoms with Crippen molar-refractivity contribution in [2.75, 3.05) is 6.54 Å². The third-order valence-corrected chi connectivity index (χ3v) is 4.35. The number of aryl methyl sites for hydroxylation is 1. The van der Waals surface area contributed by atoms with Gasteiger partial charge >= 0.3 is 6.18 Å². The fourth-order valence-corrected chi connectivity index (χ4v) is 2.96. The van der Waals surface area contributed by atoms with Crippen molar-refractivity contribution in [3.05, 3.63) is 18.2 Å². The predicted molar refractivity (Wildman–Crippen MR) is 76.1 cm³/mol. The van der Waals surface area contributed by atoms with E-state index in [-0.39, 0.29) is 24.4 Å². The Morgan fingerprint density at radius 3 is 2.70 bits per heavy atom. The van der Waals surface area contributed by atoms with Gasteiger partial charge in [0.15, 0.2) is 0 Å². The minimum Gasteiger partial charge on any atom is -0.374 e. The van der Waals surface area contributed by atoms with Crippen LogP contribution >= 0.6 is 0 Å². The fourth-order valence-electron chi connectivity index (χ4n) is 2.96. The molecule has 0 aliphatic heterocycles. The van der Waals surface area contributed by atoms with Gasteiger partial charge in [-0.05, 0) is 12.8 Å².